The Morgan fingerprint density at radius 2 is 1.64 bits per heavy atom. The predicted octanol–water partition coefficient (Wildman–Crippen LogP) is 4.89. The fraction of sp³-hybridized carbons (Fsp3) is 0.263. The zero-order valence-corrected chi connectivity index (χ0v) is 15.5. The number of amides is 2. The standard InChI is InChI=1S/C19H20F3N3O3/c1-18(2,3)28-17(27)25-15-9-8-11(10-13(15)19(20,21)22)24-16(26)12-6-4-5-7-14(12)23/h4-10H,23H2,1-3H3,(H,24,26)(H,25,27). The number of nitrogen functional groups attached to an aromatic ring is 1. The minimum Gasteiger partial charge on any atom is -0.444 e. The summed E-state index contributed by atoms with van der Waals surface area (Å²) in [7, 11) is 0. The van der Waals surface area contributed by atoms with Gasteiger partial charge < -0.3 is 15.8 Å². The van der Waals surface area contributed by atoms with E-state index in [2.05, 4.69) is 10.6 Å². The number of alkyl halides is 3. The number of benzene rings is 2. The van der Waals surface area contributed by atoms with Crippen LogP contribution < -0.4 is 16.4 Å². The lowest BCUT2D eigenvalue weighted by molar-refractivity contribution is -0.136. The third kappa shape index (κ3) is 5.63. The Bertz CT molecular complexity index is 890. The van der Waals surface area contributed by atoms with Gasteiger partial charge in [0.25, 0.3) is 5.91 Å². The zero-order valence-electron chi connectivity index (χ0n) is 15.5. The van der Waals surface area contributed by atoms with Gasteiger partial charge in [0.2, 0.25) is 0 Å². The van der Waals surface area contributed by atoms with Crippen LogP contribution in [0.5, 0.6) is 0 Å². The number of carbonyl (C=O) groups excluding carboxylic acids is 2. The van der Waals surface area contributed by atoms with Crippen molar-refractivity contribution >= 4 is 29.1 Å². The number of halogens is 3. The summed E-state index contributed by atoms with van der Waals surface area (Å²) in [6.45, 7) is 4.77. The van der Waals surface area contributed by atoms with Crippen molar-refractivity contribution in [3.63, 3.8) is 0 Å². The van der Waals surface area contributed by atoms with E-state index in [9.17, 15) is 22.8 Å². The topological polar surface area (TPSA) is 93.5 Å². The Morgan fingerprint density at radius 3 is 2.21 bits per heavy atom. The maximum absolute atomic E-state index is 13.4. The lowest BCUT2D eigenvalue weighted by Crippen LogP contribution is -2.28. The van der Waals surface area contributed by atoms with Gasteiger partial charge in [-0.15, -0.1) is 0 Å². The molecule has 0 radical (unpaired) electrons. The number of nitrogens with one attached hydrogen (secondary N) is 2. The number of para-hydroxylation sites is 1. The molecule has 2 rings (SSSR count). The Labute approximate surface area is 159 Å². The Morgan fingerprint density at radius 1 is 1.00 bits per heavy atom. The van der Waals surface area contributed by atoms with Crippen LogP contribution in [0, 0.1) is 0 Å². The quantitative estimate of drug-likeness (QED) is 0.645. The summed E-state index contributed by atoms with van der Waals surface area (Å²) in [5, 5.41) is 4.45. The second kappa shape index (κ2) is 7.79. The summed E-state index contributed by atoms with van der Waals surface area (Å²) in [6.07, 6.45) is -5.79. The number of rotatable bonds is 3. The van der Waals surface area contributed by atoms with Gasteiger partial charge in [0.05, 0.1) is 16.8 Å². The molecule has 9 heteroatoms. The highest BCUT2D eigenvalue weighted by Crippen LogP contribution is 2.37. The smallest absolute Gasteiger partial charge is 0.418 e. The summed E-state index contributed by atoms with van der Waals surface area (Å²) in [5.41, 5.74) is 3.44. The van der Waals surface area contributed by atoms with Gasteiger partial charge in [0.15, 0.2) is 0 Å². The minimum absolute atomic E-state index is 0.102. The normalized spacial score (nSPS) is 11.6. The molecular weight excluding hydrogens is 375 g/mol. The minimum atomic E-state index is -4.77. The molecule has 0 aliphatic rings. The highest BCUT2D eigenvalue weighted by atomic mass is 19.4. The van der Waals surface area contributed by atoms with E-state index in [0.717, 1.165) is 12.1 Å². The number of hydrogen-bond donors (Lipinski definition) is 3. The van der Waals surface area contributed by atoms with E-state index in [1.165, 1.54) is 18.2 Å². The average molecular weight is 395 g/mol. The van der Waals surface area contributed by atoms with Crippen LogP contribution >= 0.6 is 0 Å². The van der Waals surface area contributed by atoms with Gasteiger partial charge in [-0.25, -0.2) is 4.79 Å². The van der Waals surface area contributed by atoms with E-state index in [1.807, 2.05) is 0 Å². The number of anilines is 3. The van der Waals surface area contributed by atoms with Crippen molar-refractivity contribution in [2.45, 2.75) is 32.5 Å². The van der Waals surface area contributed by atoms with E-state index in [-0.39, 0.29) is 16.9 Å². The molecule has 0 aliphatic heterocycles. The summed E-state index contributed by atoms with van der Waals surface area (Å²) < 4.78 is 45.2. The van der Waals surface area contributed by atoms with Crippen molar-refractivity contribution in [2.75, 3.05) is 16.4 Å². The Balaban J connectivity index is 2.28. The first kappa shape index (κ1) is 21.1. The van der Waals surface area contributed by atoms with Crippen molar-refractivity contribution in [1.29, 1.82) is 0 Å². The van der Waals surface area contributed by atoms with Crippen molar-refractivity contribution in [1.82, 2.24) is 0 Å². The molecule has 4 N–H and O–H groups in total. The number of nitrogens with two attached hydrogens (primary N) is 1. The van der Waals surface area contributed by atoms with E-state index in [4.69, 9.17) is 10.5 Å². The third-order valence-electron chi connectivity index (χ3n) is 3.42. The Hall–Kier alpha value is -3.23. The van der Waals surface area contributed by atoms with E-state index in [0.29, 0.717) is 0 Å². The van der Waals surface area contributed by atoms with Crippen LogP contribution in [0.4, 0.5) is 35.0 Å². The van der Waals surface area contributed by atoms with Crippen LogP contribution in [-0.4, -0.2) is 17.6 Å². The largest absolute Gasteiger partial charge is 0.444 e. The van der Waals surface area contributed by atoms with Gasteiger partial charge in [-0.3, -0.25) is 10.1 Å². The molecule has 28 heavy (non-hydrogen) atoms. The summed E-state index contributed by atoms with van der Waals surface area (Å²) in [6, 6.07) is 9.17. The summed E-state index contributed by atoms with van der Waals surface area (Å²) >= 11 is 0. The van der Waals surface area contributed by atoms with Gasteiger partial charge in [-0.2, -0.15) is 13.2 Å². The van der Waals surface area contributed by atoms with Gasteiger partial charge in [0, 0.05) is 11.4 Å². The van der Waals surface area contributed by atoms with E-state index < -0.39 is 35.0 Å². The maximum atomic E-state index is 13.4. The molecule has 0 spiro atoms. The van der Waals surface area contributed by atoms with Crippen molar-refractivity contribution in [3.8, 4) is 0 Å². The van der Waals surface area contributed by atoms with Crippen LogP contribution in [-0.2, 0) is 10.9 Å². The maximum Gasteiger partial charge on any atom is 0.418 e. The lowest BCUT2D eigenvalue weighted by Gasteiger charge is -2.21. The van der Waals surface area contributed by atoms with Gasteiger partial charge >= 0.3 is 12.3 Å². The van der Waals surface area contributed by atoms with E-state index >= 15 is 0 Å². The first-order valence-corrected chi connectivity index (χ1v) is 8.24. The van der Waals surface area contributed by atoms with E-state index in [1.54, 1.807) is 32.9 Å². The highest BCUT2D eigenvalue weighted by Gasteiger charge is 2.35. The molecule has 0 aliphatic carbocycles. The monoisotopic (exact) mass is 395 g/mol. The summed E-state index contributed by atoms with van der Waals surface area (Å²) in [5.74, 6) is -0.654. The van der Waals surface area contributed by atoms with Crippen LogP contribution in [0.25, 0.3) is 0 Å². The van der Waals surface area contributed by atoms with Crippen molar-refractivity contribution in [3.05, 3.63) is 53.6 Å². The molecule has 2 aromatic rings. The molecule has 0 fully saturated rings. The second-order valence-corrected chi connectivity index (χ2v) is 6.93. The van der Waals surface area contributed by atoms with Crippen LogP contribution in [0.1, 0.15) is 36.7 Å². The lowest BCUT2D eigenvalue weighted by atomic mass is 10.1. The molecule has 0 atom stereocenters. The molecule has 6 nitrogen and oxygen atoms in total. The molecule has 0 aromatic heterocycles. The predicted molar refractivity (Wildman–Crippen MR) is 100 cm³/mol. The molecule has 0 saturated heterocycles. The molecule has 2 aromatic carbocycles. The van der Waals surface area contributed by atoms with Crippen LogP contribution in [0.3, 0.4) is 0 Å². The van der Waals surface area contributed by atoms with Gasteiger partial charge in [-0.1, -0.05) is 12.1 Å². The number of ether oxygens (including phenoxy) is 1. The number of hydrogen-bond acceptors (Lipinski definition) is 4. The van der Waals surface area contributed by atoms with Crippen molar-refractivity contribution in [2.24, 2.45) is 0 Å². The SMILES string of the molecule is CC(C)(C)OC(=O)Nc1ccc(NC(=O)c2ccccc2N)cc1C(F)(F)F. The molecule has 0 unspecified atom stereocenters. The van der Waals surface area contributed by atoms with Gasteiger partial charge in [-0.05, 0) is 51.1 Å². The van der Waals surface area contributed by atoms with Gasteiger partial charge in [0.1, 0.15) is 5.60 Å². The fourth-order valence-corrected chi connectivity index (χ4v) is 2.28. The van der Waals surface area contributed by atoms with Crippen molar-refractivity contribution < 1.29 is 27.5 Å². The molecule has 0 bridgehead atoms. The molecular formula is C19H20F3N3O3. The first-order valence-electron chi connectivity index (χ1n) is 8.24. The highest BCUT2D eigenvalue weighted by molar-refractivity contribution is 6.07. The summed E-state index contributed by atoms with van der Waals surface area (Å²) in [4.78, 5) is 24.1. The molecule has 2 amide bonds. The average Bonchev–Trinajstić information content (AvgIpc) is 2.53. The Kier molecular flexibility index (Phi) is 5.86. The first-order chi connectivity index (χ1) is 12.9. The fourth-order valence-electron chi connectivity index (χ4n) is 2.28. The molecule has 150 valence electrons. The third-order valence-corrected chi connectivity index (χ3v) is 3.42. The molecule has 0 saturated carbocycles. The second-order valence-electron chi connectivity index (χ2n) is 6.93. The zero-order chi connectivity index (χ0) is 21.1. The van der Waals surface area contributed by atoms with Crippen LogP contribution in [0.2, 0.25) is 0 Å². The van der Waals surface area contributed by atoms with Crippen LogP contribution in [0.15, 0.2) is 42.5 Å². The molecule has 0 heterocycles. The number of carbonyl (C=O) groups is 2.